The minimum absolute atomic E-state index is 0.138. The highest BCUT2D eigenvalue weighted by Crippen LogP contribution is 2.19. The quantitative estimate of drug-likeness (QED) is 0.512. The smallest absolute Gasteiger partial charge is 0.307 e. The highest BCUT2D eigenvalue weighted by atomic mass is 16.5. The molecule has 0 spiro atoms. The summed E-state index contributed by atoms with van der Waals surface area (Å²) in [6.07, 6.45) is 11.9. The molecule has 0 radical (unpaired) electrons. The molecule has 0 aliphatic heterocycles. The lowest BCUT2D eigenvalue weighted by molar-refractivity contribution is -0.140. The third kappa shape index (κ3) is 8.33. The monoisotopic (exact) mass is 348 g/mol. The van der Waals surface area contributed by atoms with Gasteiger partial charge in [0.2, 0.25) is 5.91 Å². The molecule has 1 aliphatic rings. The molecule has 0 saturated heterocycles. The molecule has 0 fully saturated rings. The summed E-state index contributed by atoms with van der Waals surface area (Å²) in [4.78, 5) is 36.2. The Kier molecular flexibility index (Phi) is 9.29. The fourth-order valence-corrected chi connectivity index (χ4v) is 2.33. The zero-order chi connectivity index (χ0) is 18.7. The van der Waals surface area contributed by atoms with Crippen LogP contribution >= 0.6 is 0 Å². The van der Waals surface area contributed by atoms with E-state index >= 15 is 0 Å². The zero-order valence-electron chi connectivity index (χ0n) is 15.3. The lowest BCUT2D eigenvalue weighted by Gasteiger charge is -2.11. The van der Waals surface area contributed by atoms with Gasteiger partial charge in [-0.05, 0) is 37.3 Å². The summed E-state index contributed by atoms with van der Waals surface area (Å²) in [7, 11) is 4.84. The van der Waals surface area contributed by atoms with E-state index in [1.807, 2.05) is 24.3 Å². The molecule has 0 aromatic heterocycles. The van der Waals surface area contributed by atoms with Gasteiger partial charge < -0.3 is 15.0 Å². The highest BCUT2D eigenvalue weighted by Gasteiger charge is 2.11. The van der Waals surface area contributed by atoms with Crippen LogP contribution in [-0.4, -0.2) is 50.4 Å². The zero-order valence-corrected chi connectivity index (χ0v) is 15.3. The number of hydrogen-bond acceptors (Lipinski definition) is 4. The second-order valence-corrected chi connectivity index (χ2v) is 6.08. The van der Waals surface area contributed by atoms with Crippen molar-refractivity contribution in [3.8, 4) is 0 Å². The van der Waals surface area contributed by atoms with Crippen LogP contribution in [0.15, 0.2) is 35.5 Å². The summed E-state index contributed by atoms with van der Waals surface area (Å²) in [5, 5.41) is 2.72. The van der Waals surface area contributed by atoms with E-state index in [1.54, 1.807) is 19.0 Å². The van der Waals surface area contributed by atoms with Crippen LogP contribution in [0.25, 0.3) is 0 Å². The van der Waals surface area contributed by atoms with Crippen molar-refractivity contribution in [2.24, 2.45) is 0 Å². The first-order valence-electron chi connectivity index (χ1n) is 8.56. The fourth-order valence-electron chi connectivity index (χ4n) is 2.33. The maximum atomic E-state index is 12.1. The molecule has 6 nitrogen and oxygen atoms in total. The van der Waals surface area contributed by atoms with Gasteiger partial charge >= 0.3 is 5.97 Å². The summed E-state index contributed by atoms with van der Waals surface area (Å²) in [5.41, 5.74) is 1.72. The largest absolute Gasteiger partial charge is 0.469 e. The van der Waals surface area contributed by atoms with Crippen LogP contribution in [0.4, 0.5) is 0 Å². The van der Waals surface area contributed by atoms with Gasteiger partial charge in [-0.2, -0.15) is 0 Å². The van der Waals surface area contributed by atoms with E-state index in [0.717, 1.165) is 31.3 Å². The Labute approximate surface area is 149 Å². The summed E-state index contributed by atoms with van der Waals surface area (Å²) >= 11 is 0. The van der Waals surface area contributed by atoms with Crippen molar-refractivity contribution in [2.75, 3.05) is 27.7 Å². The topological polar surface area (TPSA) is 75.7 Å². The van der Waals surface area contributed by atoms with E-state index in [9.17, 15) is 14.4 Å². The van der Waals surface area contributed by atoms with Gasteiger partial charge in [0.15, 0.2) is 0 Å². The molecule has 0 aromatic carbocycles. The van der Waals surface area contributed by atoms with Crippen LogP contribution in [-0.2, 0) is 19.1 Å². The van der Waals surface area contributed by atoms with Crippen LogP contribution in [0.5, 0.6) is 0 Å². The molecule has 2 amide bonds. The molecular weight excluding hydrogens is 320 g/mol. The lowest BCUT2D eigenvalue weighted by Crippen LogP contribution is -2.27. The fraction of sp³-hybridized carbons (Fsp3) is 0.526. The van der Waals surface area contributed by atoms with Gasteiger partial charge in [-0.3, -0.25) is 14.4 Å². The van der Waals surface area contributed by atoms with Crippen LogP contribution in [0.3, 0.4) is 0 Å². The highest BCUT2D eigenvalue weighted by molar-refractivity contribution is 5.96. The van der Waals surface area contributed by atoms with E-state index in [4.69, 9.17) is 0 Å². The second kappa shape index (κ2) is 11.2. The predicted octanol–water partition coefficient (Wildman–Crippen LogP) is 2.13. The molecule has 1 rings (SSSR count). The standard InChI is InChI=1S/C19H28N2O4/c1-21(2)17(22)11-6-4-5-8-15-9-7-10-16(14-15)19(24)20-13-12-18(23)25-3/h5,8,10,14H,4,6-7,9,11-13H2,1-3H3,(H,20,24)/b8-5-. The first kappa shape index (κ1) is 20.7. The Hall–Kier alpha value is -2.37. The molecule has 0 heterocycles. The number of methoxy groups -OCH3 is 1. The first-order chi connectivity index (χ1) is 11.9. The van der Waals surface area contributed by atoms with Crippen LogP contribution in [0, 0.1) is 0 Å². The Morgan fingerprint density at radius 1 is 1.28 bits per heavy atom. The van der Waals surface area contributed by atoms with Crippen molar-refractivity contribution in [3.63, 3.8) is 0 Å². The number of amides is 2. The number of ether oxygens (including phenoxy) is 1. The average molecular weight is 348 g/mol. The van der Waals surface area contributed by atoms with Crippen molar-refractivity contribution in [2.45, 2.75) is 38.5 Å². The minimum atomic E-state index is -0.343. The van der Waals surface area contributed by atoms with E-state index in [1.165, 1.54) is 7.11 Å². The van der Waals surface area contributed by atoms with Crippen LogP contribution in [0.2, 0.25) is 0 Å². The average Bonchev–Trinajstić information content (AvgIpc) is 2.61. The van der Waals surface area contributed by atoms with Crippen molar-refractivity contribution < 1.29 is 19.1 Å². The maximum Gasteiger partial charge on any atom is 0.307 e. The number of carbonyl (C=O) groups is 3. The molecule has 25 heavy (non-hydrogen) atoms. The number of rotatable bonds is 9. The summed E-state index contributed by atoms with van der Waals surface area (Å²) < 4.78 is 4.54. The summed E-state index contributed by atoms with van der Waals surface area (Å²) in [6.45, 7) is 0.266. The SMILES string of the molecule is COC(=O)CCNC(=O)C1=CCCC(/C=C\CCCC(=O)N(C)C)=C1. The second-order valence-electron chi connectivity index (χ2n) is 6.08. The minimum Gasteiger partial charge on any atom is -0.469 e. The van der Waals surface area contributed by atoms with E-state index in [2.05, 4.69) is 10.1 Å². The molecule has 1 N–H and O–H groups in total. The van der Waals surface area contributed by atoms with Crippen molar-refractivity contribution in [1.29, 1.82) is 0 Å². The van der Waals surface area contributed by atoms with Crippen molar-refractivity contribution in [1.82, 2.24) is 10.2 Å². The van der Waals surface area contributed by atoms with Crippen molar-refractivity contribution in [3.05, 3.63) is 35.5 Å². The third-order valence-corrected chi connectivity index (χ3v) is 3.83. The number of allylic oxidation sites excluding steroid dienone is 4. The predicted molar refractivity (Wildman–Crippen MR) is 96.7 cm³/mol. The molecule has 138 valence electrons. The van der Waals surface area contributed by atoms with E-state index in [0.29, 0.717) is 12.0 Å². The lowest BCUT2D eigenvalue weighted by atomic mass is 9.98. The molecule has 0 aromatic rings. The molecule has 0 saturated carbocycles. The van der Waals surface area contributed by atoms with Gasteiger partial charge in [0.05, 0.1) is 13.5 Å². The molecule has 6 heteroatoms. The molecule has 0 atom stereocenters. The van der Waals surface area contributed by atoms with Crippen molar-refractivity contribution >= 4 is 17.8 Å². The van der Waals surface area contributed by atoms with Gasteiger partial charge in [-0.15, -0.1) is 0 Å². The molecular formula is C19H28N2O4. The van der Waals surface area contributed by atoms with Gasteiger partial charge in [0.25, 0.3) is 5.91 Å². The summed E-state index contributed by atoms with van der Waals surface area (Å²) in [5.74, 6) is -0.380. The molecule has 0 bridgehead atoms. The molecule has 0 unspecified atom stereocenters. The number of carbonyl (C=O) groups excluding carboxylic acids is 3. The van der Waals surface area contributed by atoms with Gasteiger partial charge in [-0.25, -0.2) is 0 Å². The van der Waals surface area contributed by atoms with Crippen LogP contribution < -0.4 is 5.32 Å². The Morgan fingerprint density at radius 3 is 2.72 bits per heavy atom. The Morgan fingerprint density at radius 2 is 2.04 bits per heavy atom. The maximum absolute atomic E-state index is 12.1. The normalized spacial score (nSPS) is 13.9. The number of unbranched alkanes of at least 4 members (excludes halogenated alkanes) is 1. The number of esters is 1. The van der Waals surface area contributed by atoms with Gasteiger partial charge in [0, 0.05) is 32.6 Å². The number of nitrogens with one attached hydrogen (secondary N) is 1. The summed E-state index contributed by atoms with van der Waals surface area (Å²) in [6, 6.07) is 0. The number of nitrogens with zero attached hydrogens (tertiary/aromatic N) is 1. The number of hydrogen-bond donors (Lipinski definition) is 1. The van der Waals surface area contributed by atoms with Gasteiger partial charge in [0.1, 0.15) is 0 Å². The van der Waals surface area contributed by atoms with E-state index < -0.39 is 0 Å². The third-order valence-electron chi connectivity index (χ3n) is 3.83. The van der Waals surface area contributed by atoms with Crippen LogP contribution in [0.1, 0.15) is 38.5 Å². The van der Waals surface area contributed by atoms with E-state index in [-0.39, 0.29) is 30.7 Å². The first-order valence-corrected chi connectivity index (χ1v) is 8.56. The molecule has 1 aliphatic carbocycles. The van der Waals surface area contributed by atoms with Gasteiger partial charge in [-0.1, -0.05) is 18.2 Å². The Bertz CT molecular complexity index is 574. The Balaban J connectivity index is 2.39.